The normalized spacial score (nSPS) is 21.4. The van der Waals surface area contributed by atoms with Gasteiger partial charge in [-0.05, 0) is 38.1 Å². The van der Waals surface area contributed by atoms with E-state index in [9.17, 15) is 18.0 Å². The van der Waals surface area contributed by atoms with E-state index in [1.165, 1.54) is 4.90 Å². The van der Waals surface area contributed by atoms with Gasteiger partial charge >= 0.3 is 6.18 Å². The van der Waals surface area contributed by atoms with Crippen LogP contribution in [0.1, 0.15) is 51.9 Å². The summed E-state index contributed by atoms with van der Waals surface area (Å²) in [7, 11) is 0. The van der Waals surface area contributed by atoms with Crippen LogP contribution in [-0.2, 0) is 4.79 Å². The monoisotopic (exact) mass is 308 g/mol. The van der Waals surface area contributed by atoms with Gasteiger partial charge in [-0.1, -0.05) is 19.8 Å². The molecule has 0 spiro atoms. The van der Waals surface area contributed by atoms with Gasteiger partial charge in [-0.3, -0.25) is 4.79 Å². The van der Waals surface area contributed by atoms with E-state index in [0.717, 1.165) is 25.7 Å². The second-order valence-corrected chi connectivity index (χ2v) is 5.99. The second kappa shape index (κ2) is 8.61. The number of nitrogens with zero attached hydrogens (tertiary/aromatic N) is 1. The van der Waals surface area contributed by atoms with Gasteiger partial charge in [-0.25, -0.2) is 0 Å². The number of hydrogen-bond acceptors (Lipinski definition) is 2. The molecule has 124 valence electrons. The van der Waals surface area contributed by atoms with E-state index in [2.05, 4.69) is 6.92 Å². The predicted octanol–water partition coefficient (Wildman–Crippen LogP) is 3.33. The van der Waals surface area contributed by atoms with Gasteiger partial charge in [-0.15, -0.1) is 0 Å². The molecule has 1 amide bonds. The van der Waals surface area contributed by atoms with E-state index < -0.39 is 12.1 Å². The Morgan fingerprint density at radius 2 is 2.05 bits per heavy atom. The van der Waals surface area contributed by atoms with E-state index in [4.69, 9.17) is 5.73 Å². The number of carbonyl (C=O) groups is 1. The summed E-state index contributed by atoms with van der Waals surface area (Å²) in [6.45, 7) is 2.97. The minimum Gasteiger partial charge on any atom is -0.342 e. The average Bonchev–Trinajstić information content (AvgIpc) is 2.44. The van der Waals surface area contributed by atoms with Crippen LogP contribution in [0.15, 0.2) is 0 Å². The molecule has 1 heterocycles. The molecular weight excluding hydrogens is 281 g/mol. The molecule has 0 bridgehead atoms. The van der Waals surface area contributed by atoms with Crippen LogP contribution in [0.2, 0.25) is 0 Å². The van der Waals surface area contributed by atoms with E-state index in [0.29, 0.717) is 31.8 Å². The summed E-state index contributed by atoms with van der Waals surface area (Å²) in [5.41, 5.74) is 5.55. The van der Waals surface area contributed by atoms with Crippen molar-refractivity contribution in [3.63, 3.8) is 0 Å². The number of nitrogens with two attached hydrogens (primary N) is 1. The first kappa shape index (κ1) is 18.3. The Labute approximate surface area is 125 Å². The molecule has 2 N–H and O–H groups in total. The summed E-state index contributed by atoms with van der Waals surface area (Å²) in [6.07, 6.45) is 0.409. The lowest BCUT2D eigenvalue weighted by atomic mass is 9.93. The number of rotatable bonds is 7. The van der Waals surface area contributed by atoms with Crippen LogP contribution in [0.25, 0.3) is 0 Å². The Kier molecular flexibility index (Phi) is 7.49. The Morgan fingerprint density at radius 1 is 1.33 bits per heavy atom. The van der Waals surface area contributed by atoms with Gasteiger partial charge in [-0.2, -0.15) is 13.2 Å². The fraction of sp³-hybridized carbons (Fsp3) is 0.933. The van der Waals surface area contributed by atoms with Crippen LogP contribution in [0.5, 0.6) is 0 Å². The van der Waals surface area contributed by atoms with Gasteiger partial charge in [0.25, 0.3) is 0 Å². The minimum absolute atomic E-state index is 0.137. The topological polar surface area (TPSA) is 46.3 Å². The molecule has 1 aliphatic rings. The van der Waals surface area contributed by atoms with Crippen LogP contribution < -0.4 is 5.73 Å². The molecule has 1 aliphatic heterocycles. The van der Waals surface area contributed by atoms with Crippen molar-refractivity contribution in [1.29, 1.82) is 0 Å². The number of halogens is 3. The Bertz CT molecular complexity index is 315. The van der Waals surface area contributed by atoms with Crippen LogP contribution in [0.4, 0.5) is 13.2 Å². The average molecular weight is 308 g/mol. The number of hydrogen-bond donors (Lipinski definition) is 1. The minimum atomic E-state index is -4.19. The molecule has 21 heavy (non-hydrogen) atoms. The lowest BCUT2D eigenvalue weighted by Gasteiger charge is -2.34. The highest BCUT2D eigenvalue weighted by molar-refractivity contribution is 5.76. The molecule has 0 aromatic rings. The first-order valence-electron chi connectivity index (χ1n) is 7.93. The summed E-state index contributed by atoms with van der Waals surface area (Å²) in [5, 5.41) is 0. The third-order valence-electron chi connectivity index (χ3n) is 4.28. The number of amides is 1. The fourth-order valence-electron chi connectivity index (χ4n) is 3.03. The molecule has 1 fully saturated rings. The van der Waals surface area contributed by atoms with Crippen molar-refractivity contribution < 1.29 is 18.0 Å². The van der Waals surface area contributed by atoms with Crippen LogP contribution in [0, 0.1) is 11.8 Å². The summed E-state index contributed by atoms with van der Waals surface area (Å²) < 4.78 is 38.2. The van der Waals surface area contributed by atoms with Crippen LogP contribution in [-0.4, -0.2) is 36.6 Å². The Hall–Kier alpha value is -0.780. The SMILES string of the molecule is CCCC(CCN)CCC(=O)N1CCCC(C(F)(F)F)C1. The maximum atomic E-state index is 12.7. The standard InChI is InChI=1S/C15H27F3N2O/c1-2-4-12(8-9-19)6-7-14(21)20-10-3-5-13(11-20)15(16,17)18/h12-13H,2-11,19H2,1H3. The maximum Gasteiger partial charge on any atom is 0.393 e. The van der Waals surface area contributed by atoms with Crippen molar-refractivity contribution in [3.8, 4) is 0 Å². The Morgan fingerprint density at radius 3 is 2.62 bits per heavy atom. The zero-order valence-electron chi connectivity index (χ0n) is 12.8. The first-order valence-corrected chi connectivity index (χ1v) is 7.93. The molecule has 2 atom stereocenters. The summed E-state index contributed by atoms with van der Waals surface area (Å²) in [5.74, 6) is -1.08. The van der Waals surface area contributed by atoms with Crippen molar-refractivity contribution in [2.75, 3.05) is 19.6 Å². The van der Waals surface area contributed by atoms with Crippen molar-refractivity contribution in [2.45, 2.75) is 58.0 Å². The molecule has 0 aromatic heterocycles. The predicted molar refractivity (Wildman–Crippen MR) is 76.7 cm³/mol. The van der Waals surface area contributed by atoms with Gasteiger partial charge in [0, 0.05) is 19.5 Å². The number of piperidine rings is 1. The van der Waals surface area contributed by atoms with E-state index in [1.54, 1.807) is 0 Å². The summed E-state index contributed by atoms with van der Waals surface area (Å²) in [6, 6.07) is 0. The molecular formula is C15H27F3N2O. The quantitative estimate of drug-likeness (QED) is 0.784. The highest BCUT2D eigenvalue weighted by atomic mass is 19.4. The zero-order chi connectivity index (χ0) is 15.9. The lowest BCUT2D eigenvalue weighted by molar-refractivity contribution is -0.188. The van der Waals surface area contributed by atoms with E-state index >= 15 is 0 Å². The first-order chi connectivity index (χ1) is 9.88. The molecule has 3 nitrogen and oxygen atoms in total. The molecule has 1 saturated heterocycles. The molecule has 2 unspecified atom stereocenters. The second-order valence-electron chi connectivity index (χ2n) is 5.99. The molecule has 1 rings (SSSR count). The summed E-state index contributed by atoms with van der Waals surface area (Å²) >= 11 is 0. The molecule has 0 radical (unpaired) electrons. The van der Waals surface area contributed by atoms with Crippen molar-refractivity contribution in [3.05, 3.63) is 0 Å². The highest BCUT2D eigenvalue weighted by Crippen LogP contribution is 2.33. The summed E-state index contributed by atoms with van der Waals surface area (Å²) in [4.78, 5) is 13.5. The third kappa shape index (κ3) is 6.24. The molecule has 0 aromatic carbocycles. The number of alkyl halides is 3. The largest absolute Gasteiger partial charge is 0.393 e. The smallest absolute Gasteiger partial charge is 0.342 e. The van der Waals surface area contributed by atoms with Gasteiger partial charge < -0.3 is 10.6 Å². The third-order valence-corrected chi connectivity index (χ3v) is 4.28. The Balaban J connectivity index is 2.43. The van der Waals surface area contributed by atoms with Gasteiger partial charge in [0.1, 0.15) is 0 Å². The van der Waals surface area contributed by atoms with Crippen LogP contribution >= 0.6 is 0 Å². The number of likely N-dealkylation sites (tertiary alicyclic amines) is 1. The molecule has 6 heteroatoms. The van der Waals surface area contributed by atoms with Gasteiger partial charge in [0.15, 0.2) is 0 Å². The van der Waals surface area contributed by atoms with E-state index in [1.807, 2.05) is 0 Å². The van der Waals surface area contributed by atoms with Gasteiger partial charge in [0.05, 0.1) is 5.92 Å². The molecule has 0 aliphatic carbocycles. The highest BCUT2D eigenvalue weighted by Gasteiger charge is 2.42. The number of carbonyl (C=O) groups excluding carboxylic acids is 1. The van der Waals surface area contributed by atoms with Crippen molar-refractivity contribution in [2.24, 2.45) is 17.6 Å². The zero-order valence-corrected chi connectivity index (χ0v) is 12.8. The van der Waals surface area contributed by atoms with Crippen molar-refractivity contribution in [1.82, 2.24) is 4.90 Å². The van der Waals surface area contributed by atoms with Crippen molar-refractivity contribution >= 4 is 5.91 Å². The molecule has 0 saturated carbocycles. The van der Waals surface area contributed by atoms with Gasteiger partial charge in [0.2, 0.25) is 5.91 Å². The lowest BCUT2D eigenvalue weighted by Crippen LogP contribution is -2.44. The maximum absolute atomic E-state index is 12.7. The fourth-order valence-corrected chi connectivity index (χ4v) is 3.03. The van der Waals surface area contributed by atoms with Crippen LogP contribution in [0.3, 0.4) is 0 Å². The van der Waals surface area contributed by atoms with E-state index in [-0.39, 0.29) is 18.9 Å².